The van der Waals surface area contributed by atoms with E-state index in [1.54, 1.807) is 0 Å². The highest BCUT2D eigenvalue weighted by atomic mass is 16.4. The summed E-state index contributed by atoms with van der Waals surface area (Å²) < 4.78 is 0. The molecule has 1 atom stereocenters. The van der Waals surface area contributed by atoms with E-state index in [0.717, 1.165) is 18.8 Å². The van der Waals surface area contributed by atoms with Crippen LogP contribution in [0, 0.1) is 5.92 Å². The summed E-state index contributed by atoms with van der Waals surface area (Å²) in [7, 11) is 0. The number of hydrogen-bond donors (Lipinski definition) is 6. The highest BCUT2D eigenvalue weighted by Crippen LogP contribution is 2.14. The summed E-state index contributed by atoms with van der Waals surface area (Å²) in [4.78, 5) is 10.3. The zero-order chi connectivity index (χ0) is 22.5. The highest BCUT2D eigenvalue weighted by Gasteiger charge is 2.20. The van der Waals surface area contributed by atoms with Gasteiger partial charge in [-0.2, -0.15) is 0 Å². The van der Waals surface area contributed by atoms with E-state index in [-0.39, 0.29) is 0 Å². The van der Waals surface area contributed by atoms with Gasteiger partial charge in [0.1, 0.15) is 5.79 Å². The Labute approximate surface area is 179 Å². The van der Waals surface area contributed by atoms with Gasteiger partial charge in [-0.3, -0.25) is 22.0 Å². The van der Waals surface area contributed by atoms with Crippen LogP contribution in [0.5, 0.6) is 0 Å². The van der Waals surface area contributed by atoms with Crippen LogP contribution in [0.25, 0.3) is 0 Å². The molecule has 0 amide bonds. The third kappa shape index (κ3) is 27.3. The molecule has 0 saturated heterocycles. The second kappa shape index (κ2) is 20.5. The van der Waals surface area contributed by atoms with E-state index in [2.05, 4.69) is 13.8 Å². The van der Waals surface area contributed by atoms with Crippen LogP contribution >= 0.6 is 0 Å². The number of carboxylic acids is 1. The number of unbranched alkanes of at least 4 members (excludes halogenated alkanes) is 11. The Hall–Kier alpha value is -0.730. The van der Waals surface area contributed by atoms with Gasteiger partial charge in [0.25, 0.3) is 0 Å². The minimum absolute atomic E-state index is 0.344. The second-order valence-corrected chi connectivity index (χ2v) is 8.75. The molecule has 0 aliphatic carbocycles. The van der Waals surface area contributed by atoms with Crippen molar-refractivity contribution in [3.8, 4) is 0 Å². The zero-order valence-corrected chi connectivity index (χ0v) is 19.2. The van der Waals surface area contributed by atoms with Gasteiger partial charge < -0.3 is 16.6 Å². The summed E-state index contributed by atoms with van der Waals surface area (Å²) in [6.07, 6.45) is 17.9. The number of carbonyl (C=O) groups is 1. The summed E-state index contributed by atoms with van der Waals surface area (Å²) in [5, 5.41) is 8.52. The third-order valence-corrected chi connectivity index (χ3v) is 5.04. The Morgan fingerprint density at radius 3 is 1.41 bits per heavy atom. The van der Waals surface area contributed by atoms with Crippen molar-refractivity contribution in [2.75, 3.05) is 6.54 Å². The number of carboxylic acid groups (broad SMARTS) is 1. The Kier molecular flexibility index (Phi) is 21.6. The van der Waals surface area contributed by atoms with E-state index in [1.807, 2.05) is 0 Å². The van der Waals surface area contributed by atoms with Gasteiger partial charge in [0.2, 0.25) is 0 Å². The molecule has 29 heavy (non-hydrogen) atoms. The first-order valence-electron chi connectivity index (χ1n) is 11.6. The highest BCUT2D eigenvalue weighted by molar-refractivity contribution is 5.66. The molecule has 0 aliphatic heterocycles. The van der Waals surface area contributed by atoms with Crippen molar-refractivity contribution in [1.82, 2.24) is 0 Å². The van der Waals surface area contributed by atoms with E-state index in [0.29, 0.717) is 19.4 Å². The molecule has 0 saturated carbocycles. The summed E-state index contributed by atoms with van der Waals surface area (Å²) in [6.45, 7) is 5.07. The fraction of sp³-hybridized carbons (Fsp3) is 0.955. The van der Waals surface area contributed by atoms with Crippen molar-refractivity contribution in [2.45, 2.75) is 122 Å². The molecule has 0 aromatic carbocycles. The van der Waals surface area contributed by atoms with Crippen molar-refractivity contribution in [1.29, 1.82) is 0 Å². The molecule has 0 aliphatic rings. The van der Waals surface area contributed by atoms with Crippen LogP contribution in [0.1, 0.15) is 110 Å². The van der Waals surface area contributed by atoms with Crippen molar-refractivity contribution < 1.29 is 9.90 Å². The van der Waals surface area contributed by atoms with E-state index in [4.69, 9.17) is 33.8 Å². The quantitative estimate of drug-likeness (QED) is 0.147. The molecule has 1 unspecified atom stereocenters. The molecule has 0 fully saturated rings. The van der Waals surface area contributed by atoms with Gasteiger partial charge in [-0.1, -0.05) is 90.9 Å². The lowest BCUT2D eigenvalue weighted by Gasteiger charge is -2.25. The van der Waals surface area contributed by atoms with Crippen LogP contribution in [-0.4, -0.2) is 29.4 Å². The first-order valence-corrected chi connectivity index (χ1v) is 11.6. The van der Waals surface area contributed by atoms with E-state index >= 15 is 0 Å². The molecular weight excluding hydrogens is 366 g/mol. The largest absolute Gasteiger partial charge is 0.481 e. The molecule has 0 aromatic rings. The van der Waals surface area contributed by atoms with E-state index in [1.165, 1.54) is 70.6 Å². The first-order chi connectivity index (χ1) is 13.6. The minimum atomic E-state index is -1.29. The number of nitrogens with two attached hydrogens (primary N) is 5. The average Bonchev–Trinajstić information content (AvgIpc) is 2.61. The lowest BCUT2D eigenvalue weighted by Crippen LogP contribution is -2.69. The van der Waals surface area contributed by atoms with Gasteiger partial charge in [0.05, 0.1) is 6.04 Å². The van der Waals surface area contributed by atoms with Crippen molar-refractivity contribution >= 4 is 5.97 Å². The topological polar surface area (TPSA) is 167 Å². The maximum Gasteiger partial charge on any atom is 0.303 e. The van der Waals surface area contributed by atoms with Crippen LogP contribution in [0.3, 0.4) is 0 Å². The van der Waals surface area contributed by atoms with E-state index in [9.17, 15) is 4.79 Å². The summed E-state index contributed by atoms with van der Waals surface area (Å²) >= 11 is 0. The molecule has 176 valence electrons. The summed E-state index contributed by atoms with van der Waals surface area (Å²) in [5.41, 5.74) is 26.3. The molecule has 7 nitrogen and oxygen atoms in total. The van der Waals surface area contributed by atoms with Gasteiger partial charge in [-0.15, -0.1) is 0 Å². The smallest absolute Gasteiger partial charge is 0.303 e. The van der Waals surface area contributed by atoms with Gasteiger partial charge in [-0.25, -0.2) is 0 Å². The molecule has 0 spiro atoms. The maximum atomic E-state index is 10.3. The number of aliphatic carboxylic acids is 1. The Bertz CT molecular complexity index is 360. The number of hydrogen-bond acceptors (Lipinski definition) is 6. The normalized spacial score (nSPS) is 12.6. The molecule has 11 N–H and O–H groups in total. The number of rotatable bonds is 18. The van der Waals surface area contributed by atoms with Crippen molar-refractivity contribution in [2.24, 2.45) is 34.6 Å². The molecule has 0 heterocycles. The van der Waals surface area contributed by atoms with Gasteiger partial charge >= 0.3 is 5.97 Å². The molecule has 7 heteroatoms. The third-order valence-electron chi connectivity index (χ3n) is 5.04. The Balaban J connectivity index is 0. The standard InChI is InChI=1S/C18H36O2.C4H15N5/c1-17(2)15-13-11-9-7-5-3-4-6-8-10-12-14-16-18(19)20;5-2-1-3(6)4(7,8)9/h17H,3-16H2,1-2H3,(H,19,20);3H,1-2,5-9H2. The lowest BCUT2D eigenvalue weighted by atomic mass is 10.0. The summed E-state index contributed by atoms with van der Waals surface area (Å²) in [6, 6.07) is -0.428. The van der Waals surface area contributed by atoms with Crippen LogP contribution in [0.2, 0.25) is 0 Å². The van der Waals surface area contributed by atoms with E-state index < -0.39 is 17.8 Å². The second-order valence-electron chi connectivity index (χ2n) is 8.75. The molecule has 0 aromatic heterocycles. The first kappa shape index (κ1) is 30.5. The van der Waals surface area contributed by atoms with Gasteiger partial charge in [0, 0.05) is 6.42 Å². The van der Waals surface area contributed by atoms with Crippen LogP contribution in [0.4, 0.5) is 0 Å². The molecule has 0 bridgehead atoms. The fourth-order valence-corrected chi connectivity index (χ4v) is 3.03. The Morgan fingerprint density at radius 2 is 1.14 bits per heavy atom. The van der Waals surface area contributed by atoms with Crippen LogP contribution < -0.4 is 28.7 Å². The van der Waals surface area contributed by atoms with Crippen molar-refractivity contribution in [3.63, 3.8) is 0 Å². The zero-order valence-electron chi connectivity index (χ0n) is 19.2. The van der Waals surface area contributed by atoms with Crippen LogP contribution in [0.15, 0.2) is 0 Å². The molecule has 0 radical (unpaired) electrons. The predicted octanol–water partition coefficient (Wildman–Crippen LogP) is 3.38. The molecular formula is C22H51N5O2. The van der Waals surface area contributed by atoms with Gasteiger partial charge in [-0.05, 0) is 25.3 Å². The lowest BCUT2D eigenvalue weighted by molar-refractivity contribution is -0.137. The van der Waals surface area contributed by atoms with Crippen LogP contribution in [-0.2, 0) is 4.79 Å². The molecule has 0 rings (SSSR count). The average molecular weight is 418 g/mol. The predicted molar refractivity (Wildman–Crippen MR) is 124 cm³/mol. The summed E-state index contributed by atoms with van der Waals surface area (Å²) in [5.74, 6) is -1.08. The van der Waals surface area contributed by atoms with Gasteiger partial charge in [0.15, 0.2) is 0 Å². The Morgan fingerprint density at radius 1 is 0.759 bits per heavy atom. The minimum Gasteiger partial charge on any atom is -0.481 e. The monoisotopic (exact) mass is 417 g/mol. The van der Waals surface area contributed by atoms with Crippen molar-refractivity contribution in [3.05, 3.63) is 0 Å². The SMILES string of the molecule is CC(C)CCCCCCCCCCCCCCC(=O)O.NCCC(N)C(N)(N)N. The maximum absolute atomic E-state index is 10.3. The fourth-order valence-electron chi connectivity index (χ4n) is 3.03.